The standard InChI is InChI=1S/C10H15N3OS/c1-6-3-7(2)13-10(12-6)15-9-5-11-4-8(9)14/h3,8-9,11,14H,4-5H2,1-2H3/t8-,9-/m1/s1. The van der Waals surface area contributed by atoms with Gasteiger partial charge in [-0.05, 0) is 19.9 Å². The van der Waals surface area contributed by atoms with E-state index in [4.69, 9.17) is 0 Å². The lowest BCUT2D eigenvalue weighted by Crippen LogP contribution is -2.20. The van der Waals surface area contributed by atoms with Gasteiger partial charge < -0.3 is 10.4 Å². The maximum atomic E-state index is 9.65. The molecule has 0 aromatic carbocycles. The third kappa shape index (κ3) is 2.68. The average Bonchev–Trinajstić information content (AvgIpc) is 2.50. The number of nitrogens with zero attached hydrogens (tertiary/aromatic N) is 2. The Labute approximate surface area is 93.5 Å². The zero-order chi connectivity index (χ0) is 10.8. The van der Waals surface area contributed by atoms with Crippen molar-refractivity contribution in [1.82, 2.24) is 15.3 Å². The molecule has 82 valence electrons. The van der Waals surface area contributed by atoms with Gasteiger partial charge in [-0.3, -0.25) is 0 Å². The molecule has 0 saturated carbocycles. The second-order valence-electron chi connectivity index (χ2n) is 3.82. The molecule has 0 aliphatic carbocycles. The lowest BCUT2D eigenvalue weighted by Gasteiger charge is -2.11. The lowest BCUT2D eigenvalue weighted by atomic mass is 10.3. The molecule has 0 amide bonds. The molecule has 2 N–H and O–H groups in total. The molecular weight excluding hydrogens is 210 g/mol. The van der Waals surface area contributed by atoms with Crippen molar-refractivity contribution in [3.05, 3.63) is 17.5 Å². The van der Waals surface area contributed by atoms with Crippen LogP contribution in [0.1, 0.15) is 11.4 Å². The molecule has 1 aromatic heterocycles. The van der Waals surface area contributed by atoms with Crippen molar-refractivity contribution in [3.63, 3.8) is 0 Å². The van der Waals surface area contributed by atoms with Crippen LogP contribution in [-0.2, 0) is 0 Å². The molecule has 1 fully saturated rings. The van der Waals surface area contributed by atoms with Gasteiger partial charge in [0.1, 0.15) is 0 Å². The third-order valence-electron chi connectivity index (χ3n) is 2.35. The van der Waals surface area contributed by atoms with Crippen LogP contribution in [0.5, 0.6) is 0 Å². The zero-order valence-electron chi connectivity index (χ0n) is 8.90. The van der Waals surface area contributed by atoms with E-state index in [1.807, 2.05) is 19.9 Å². The van der Waals surface area contributed by atoms with Gasteiger partial charge in [0.05, 0.1) is 11.4 Å². The van der Waals surface area contributed by atoms with E-state index < -0.39 is 0 Å². The molecule has 0 bridgehead atoms. The summed E-state index contributed by atoms with van der Waals surface area (Å²) in [4.78, 5) is 8.69. The summed E-state index contributed by atoms with van der Waals surface area (Å²) < 4.78 is 0. The maximum absolute atomic E-state index is 9.65. The number of β-amino-alcohol motifs (C(OH)–C–C–N with tert-alkyl or cyclic N) is 1. The molecule has 2 rings (SSSR count). The van der Waals surface area contributed by atoms with Gasteiger partial charge >= 0.3 is 0 Å². The van der Waals surface area contributed by atoms with E-state index in [-0.39, 0.29) is 11.4 Å². The Bertz CT molecular complexity index is 338. The van der Waals surface area contributed by atoms with Gasteiger partial charge in [0.15, 0.2) is 5.16 Å². The first-order valence-corrected chi connectivity index (χ1v) is 5.91. The van der Waals surface area contributed by atoms with Crippen LogP contribution in [0, 0.1) is 13.8 Å². The molecule has 1 saturated heterocycles. The number of hydrogen-bond acceptors (Lipinski definition) is 5. The van der Waals surface area contributed by atoms with Gasteiger partial charge in [-0.15, -0.1) is 0 Å². The summed E-state index contributed by atoms with van der Waals surface area (Å²) in [6.07, 6.45) is -0.292. The molecule has 0 spiro atoms. The zero-order valence-corrected chi connectivity index (χ0v) is 9.71. The molecule has 1 aliphatic rings. The fraction of sp³-hybridized carbons (Fsp3) is 0.600. The molecule has 2 atom stereocenters. The van der Waals surface area contributed by atoms with Gasteiger partial charge in [0, 0.05) is 24.5 Å². The Morgan fingerprint density at radius 2 is 2.00 bits per heavy atom. The first kappa shape index (κ1) is 10.9. The number of aryl methyl sites for hydroxylation is 2. The largest absolute Gasteiger partial charge is 0.391 e. The molecule has 0 unspecified atom stereocenters. The van der Waals surface area contributed by atoms with Gasteiger partial charge in [-0.2, -0.15) is 0 Å². The first-order chi connectivity index (χ1) is 7.15. The quantitative estimate of drug-likeness (QED) is 0.719. The molecule has 15 heavy (non-hydrogen) atoms. The van der Waals surface area contributed by atoms with Crippen LogP contribution in [0.15, 0.2) is 11.2 Å². The Morgan fingerprint density at radius 1 is 1.33 bits per heavy atom. The maximum Gasteiger partial charge on any atom is 0.188 e. The summed E-state index contributed by atoms with van der Waals surface area (Å²) in [6.45, 7) is 5.41. The molecule has 1 aliphatic heterocycles. The van der Waals surface area contributed by atoms with Crippen molar-refractivity contribution >= 4 is 11.8 Å². The van der Waals surface area contributed by atoms with Gasteiger partial charge in [-0.25, -0.2) is 9.97 Å². The molecule has 0 radical (unpaired) electrons. The summed E-state index contributed by atoms with van der Waals surface area (Å²) >= 11 is 1.55. The Hall–Kier alpha value is -0.650. The highest BCUT2D eigenvalue weighted by Gasteiger charge is 2.26. The molecule has 1 aromatic rings. The van der Waals surface area contributed by atoms with E-state index in [1.165, 1.54) is 0 Å². The van der Waals surface area contributed by atoms with Crippen molar-refractivity contribution in [3.8, 4) is 0 Å². The highest BCUT2D eigenvalue weighted by Crippen LogP contribution is 2.24. The van der Waals surface area contributed by atoms with E-state index in [0.717, 1.165) is 23.1 Å². The van der Waals surface area contributed by atoms with Gasteiger partial charge in [-0.1, -0.05) is 11.8 Å². The molecule has 5 heteroatoms. The van der Waals surface area contributed by atoms with E-state index in [0.29, 0.717) is 6.54 Å². The fourth-order valence-electron chi connectivity index (χ4n) is 1.64. The van der Waals surface area contributed by atoms with Crippen molar-refractivity contribution in [2.75, 3.05) is 13.1 Å². The topological polar surface area (TPSA) is 58.0 Å². The Kier molecular flexibility index (Phi) is 3.23. The van der Waals surface area contributed by atoms with Crippen LogP contribution in [0.3, 0.4) is 0 Å². The van der Waals surface area contributed by atoms with E-state index in [2.05, 4.69) is 15.3 Å². The average molecular weight is 225 g/mol. The minimum Gasteiger partial charge on any atom is -0.391 e. The predicted octanol–water partition coefficient (Wildman–Crippen LogP) is 0.518. The monoisotopic (exact) mass is 225 g/mol. The van der Waals surface area contributed by atoms with Crippen LogP contribution in [0.2, 0.25) is 0 Å². The normalized spacial score (nSPS) is 25.8. The highest BCUT2D eigenvalue weighted by atomic mass is 32.2. The minimum atomic E-state index is -0.292. The Balaban J connectivity index is 2.10. The van der Waals surface area contributed by atoms with Gasteiger partial charge in [0.25, 0.3) is 0 Å². The smallest absolute Gasteiger partial charge is 0.188 e. The van der Waals surface area contributed by atoms with E-state index in [9.17, 15) is 5.11 Å². The number of aliphatic hydroxyl groups is 1. The van der Waals surface area contributed by atoms with E-state index in [1.54, 1.807) is 11.8 Å². The van der Waals surface area contributed by atoms with Crippen LogP contribution in [0.25, 0.3) is 0 Å². The third-order valence-corrected chi connectivity index (χ3v) is 3.52. The van der Waals surface area contributed by atoms with Crippen molar-refractivity contribution in [2.45, 2.75) is 30.4 Å². The van der Waals surface area contributed by atoms with Crippen molar-refractivity contribution in [2.24, 2.45) is 0 Å². The second kappa shape index (κ2) is 4.47. The highest BCUT2D eigenvalue weighted by molar-refractivity contribution is 7.99. The van der Waals surface area contributed by atoms with Crippen LogP contribution in [-0.4, -0.2) is 39.5 Å². The number of rotatable bonds is 2. The number of aliphatic hydroxyl groups excluding tert-OH is 1. The summed E-state index contributed by atoms with van der Waals surface area (Å²) in [7, 11) is 0. The fourth-order valence-corrected chi connectivity index (χ4v) is 2.76. The lowest BCUT2D eigenvalue weighted by molar-refractivity contribution is 0.201. The van der Waals surface area contributed by atoms with E-state index >= 15 is 0 Å². The summed E-state index contributed by atoms with van der Waals surface area (Å²) in [5, 5.41) is 13.7. The first-order valence-electron chi connectivity index (χ1n) is 5.03. The summed E-state index contributed by atoms with van der Waals surface area (Å²) in [5.41, 5.74) is 1.95. The number of thioether (sulfide) groups is 1. The van der Waals surface area contributed by atoms with Crippen molar-refractivity contribution in [1.29, 1.82) is 0 Å². The minimum absolute atomic E-state index is 0.172. The van der Waals surface area contributed by atoms with Crippen LogP contribution in [0.4, 0.5) is 0 Å². The molecular formula is C10H15N3OS. The number of hydrogen-bond donors (Lipinski definition) is 2. The molecule has 2 heterocycles. The Morgan fingerprint density at radius 3 is 2.53 bits per heavy atom. The summed E-state index contributed by atoms with van der Waals surface area (Å²) in [5.74, 6) is 0. The predicted molar refractivity (Wildman–Crippen MR) is 60.0 cm³/mol. The number of aromatic nitrogens is 2. The molecule has 4 nitrogen and oxygen atoms in total. The van der Waals surface area contributed by atoms with Crippen LogP contribution >= 0.6 is 11.8 Å². The second-order valence-corrected chi connectivity index (χ2v) is 5.02. The van der Waals surface area contributed by atoms with Crippen molar-refractivity contribution < 1.29 is 5.11 Å². The summed E-state index contributed by atoms with van der Waals surface area (Å²) in [6, 6.07) is 1.95. The van der Waals surface area contributed by atoms with Gasteiger partial charge in [0.2, 0.25) is 0 Å². The van der Waals surface area contributed by atoms with Crippen LogP contribution < -0.4 is 5.32 Å². The number of nitrogens with one attached hydrogen (secondary N) is 1. The SMILES string of the molecule is Cc1cc(C)nc(S[C@@H]2CNC[C@H]2O)n1.